The Hall–Kier alpha value is -0.980. The molecule has 1 heterocycles. The summed E-state index contributed by atoms with van der Waals surface area (Å²) < 4.78 is 26.0. The molecule has 1 aromatic heterocycles. The molecular formula is C13H23N3O2S. The second kappa shape index (κ2) is 9.01. The lowest BCUT2D eigenvalue weighted by molar-refractivity contribution is 0.574. The molecule has 0 aliphatic rings. The number of rotatable bonds is 10. The first-order valence-corrected chi connectivity index (χ1v) is 8.36. The van der Waals surface area contributed by atoms with Gasteiger partial charge in [-0.3, -0.25) is 4.98 Å². The summed E-state index contributed by atoms with van der Waals surface area (Å²) in [6, 6.07) is 3.79. The number of pyridine rings is 1. The van der Waals surface area contributed by atoms with Crippen molar-refractivity contribution in [1.29, 1.82) is 0 Å². The van der Waals surface area contributed by atoms with Gasteiger partial charge in [0, 0.05) is 18.9 Å². The van der Waals surface area contributed by atoms with Crippen molar-refractivity contribution in [1.82, 2.24) is 15.0 Å². The van der Waals surface area contributed by atoms with Crippen molar-refractivity contribution in [3.8, 4) is 0 Å². The maximum Gasteiger partial charge on any atom is 0.211 e. The fourth-order valence-corrected chi connectivity index (χ4v) is 2.83. The first kappa shape index (κ1) is 16.1. The van der Waals surface area contributed by atoms with E-state index in [9.17, 15) is 8.42 Å². The summed E-state index contributed by atoms with van der Waals surface area (Å²) in [4.78, 5) is 3.92. The third-order valence-electron chi connectivity index (χ3n) is 2.75. The van der Waals surface area contributed by atoms with Crippen molar-refractivity contribution in [2.24, 2.45) is 0 Å². The van der Waals surface area contributed by atoms with Crippen molar-refractivity contribution >= 4 is 10.0 Å². The van der Waals surface area contributed by atoms with Crippen molar-refractivity contribution < 1.29 is 8.42 Å². The molecule has 0 fully saturated rings. The normalized spacial score (nSPS) is 11.6. The number of aromatic nitrogens is 1. The van der Waals surface area contributed by atoms with Gasteiger partial charge >= 0.3 is 0 Å². The molecule has 0 bridgehead atoms. The van der Waals surface area contributed by atoms with Crippen molar-refractivity contribution in [3.63, 3.8) is 0 Å². The van der Waals surface area contributed by atoms with Crippen LogP contribution in [0.15, 0.2) is 24.5 Å². The molecule has 6 heteroatoms. The maximum atomic E-state index is 11.7. The van der Waals surface area contributed by atoms with Crippen molar-refractivity contribution in [2.45, 2.75) is 26.2 Å². The number of sulfonamides is 1. The van der Waals surface area contributed by atoms with Gasteiger partial charge in [0.2, 0.25) is 10.0 Å². The highest BCUT2D eigenvalue weighted by Crippen LogP contribution is 1.98. The molecule has 0 amide bonds. The molecule has 108 valence electrons. The van der Waals surface area contributed by atoms with Crippen molar-refractivity contribution in [2.75, 3.05) is 25.4 Å². The summed E-state index contributed by atoms with van der Waals surface area (Å²) in [5.74, 6) is 0.203. The lowest BCUT2D eigenvalue weighted by Crippen LogP contribution is -2.28. The van der Waals surface area contributed by atoms with Crippen LogP contribution in [-0.4, -0.2) is 38.8 Å². The van der Waals surface area contributed by atoms with Gasteiger partial charge in [0.1, 0.15) is 0 Å². The molecule has 0 aliphatic carbocycles. The lowest BCUT2D eigenvalue weighted by Gasteiger charge is -2.07. The van der Waals surface area contributed by atoms with Crippen molar-refractivity contribution in [3.05, 3.63) is 30.1 Å². The maximum absolute atomic E-state index is 11.7. The lowest BCUT2D eigenvalue weighted by atomic mass is 10.2. The first-order valence-electron chi connectivity index (χ1n) is 6.71. The quantitative estimate of drug-likeness (QED) is 0.628. The van der Waals surface area contributed by atoms with Crippen LogP contribution in [0.5, 0.6) is 0 Å². The zero-order valence-corrected chi connectivity index (χ0v) is 12.2. The van der Waals surface area contributed by atoms with Crippen LogP contribution in [0, 0.1) is 0 Å². The predicted octanol–water partition coefficient (Wildman–Crippen LogP) is 0.933. The van der Waals surface area contributed by atoms with Crippen LogP contribution >= 0.6 is 0 Å². The van der Waals surface area contributed by atoms with E-state index in [-0.39, 0.29) is 5.75 Å². The van der Waals surface area contributed by atoms with E-state index in [0.717, 1.165) is 25.1 Å². The second-order valence-electron chi connectivity index (χ2n) is 4.38. The molecule has 19 heavy (non-hydrogen) atoms. The zero-order chi connectivity index (χ0) is 14.0. The fourth-order valence-electron chi connectivity index (χ4n) is 1.69. The minimum Gasteiger partial charge on any atom is -0.317 e. The molecule has 0 radical (unpaired) electrons. The van der Waals surface area contributed by atoms with Gasteiger partial charge in [0.25, 0.3) is 0 Å². The van der Waals surface area contributed by atoms with Crippen LogP contribution in [0.1, 0.15) is 25.3 Å². The Morgan fingerprint density at radius 1 is 1.16 bits per heavy atom. The SMILES string of the molecule is CCNCCCCS(=O)(=O)NCCc1ccncc1. The van der Waals surface area contributed by atoms with E-state index in [1.165, 1.54) is 0 Å². The van der Waals surface area contributed by atoms with E-state index in [1.54, 1.807) is 12.4 Å². The minimum atomic E-state index is -3.13. The molecule has 1 rings (SSSR count). The third kappa shape index (κ3) is 7.92. The highest BCUT2D eigenvalue weighted by Gasteiger charge is 2.08. The Morgan fingerprint density at radius 2 is 1.89 bits per heavy atom. The summed E-state index contributed by atoms with van der Waals surface area (Å²) >= 11 is 0. The number of unbranched alkanes of at least 4 members (excludes halogenated alkanes) is 1. The van der Waals surface area contributed by atoms with Gasteiger partial charge in [-0.2, -0.15) is 0 Å². The molecular weight excluding hydrogens is 262 g/mol. The molecule has 5 nitrogen and oxygen atoms in total. The summed E-state index contributed by atoms with van der Waals surface area (Å²) in [5.41, 5.74) is 1.09. The molecule has 0 saturated heterocycles. The van der Waals surface area contributed by atoms with E-state index < -0.39 is 10.0 Å². The zero-order valence-electron chi connectivity index (χ0n) is 11.4. The van der Waals surface area contributed by atoms with Crippen LogP contribution in [0.25, 0.3) is 0 Å². The van der Waals surface area contributed by atoms with E-state index in [4.69, 9.17) is 0 Å². The van der Waals surface area contributed by atoms with Crippen LogP contribution in [0.4, 0.5) is 0 Å². The third-order valence-corrected chi connectivity index (χ3v) is 4.22. The van der Waals surface area contributed by atoms with E-state index >= 15 is 0 Å². The molecule has 0 atom stereocenters. The predicted molar refractivity (Wildman–Crippen MR) is 77.5 cm³/mol. The van der Waals surface area contributed by atoms with Gasteiger partial charge in [0.15, 0.2) is 0 Å². The summed E-state index contributed by atoms with van der Waals surface area (Å²) in [5, 5.41) is 3.18. The smallest absolute Gasteiger partial charge is 0.211 e. The number of nitrogens with one attached hydrogen (secondary N) is 2. The second-order valence-corrected chi connectivity index (χ2v) is 6.31. The van der Waals surface area contributed by atoms with E-state index in [1.807, 2.05) is 19.1 Å². The highest BCUT2D eigenvalue weighted by atomic mass is 32.2. The average molecular weight is 285 g/mol. The number of hydrogen-bond acceptors (Lipinski definition) is 4. The Morgan fingerprint density at radius 3 is 2.58 bits per heavy atom. The van der Waals surface area contributed by atoms with Gasteiger partial charge in [-0.15, -0.1) is 0 Å². The summed E-state index contributed by atoms with van der Waals surface area (Å²) in [6.45, 7) is 4.29. The van der Waals surface area contributed by atoms with Gasteiger partial charge in [-0.25, -0.2) is 13.1 Å². The van der Waals surface area contributed by atoms with Crippen LogP contribution in [0.2, 0.25) is 0 Å². The Balaban J connectivity index is 2.16. The monoisotopic (exact) mass is 285 g/mol. The first-order chi connectivity index (χ1) is 9.14. The summed E-state index contributed by atoms with van der Waals surface area (Å²) in [6.07, 6.45) is 5.70. The van der Waals surface area contributed by atoms with Crippen LogP contribution in [-0.2, 0) is 16.4 Å². The largest absolute Gasteiger partial charge is 0.317 e. The van der Waals surface area contributed by atoms with Gasteiger partial charge in [0.05, 0.1) is 5.75 Å². The molecule has 2 N–H and O–H groups in total. The number of nitrogens with zero attached hydrogens (tertiary/aromatic N) is 1. The molecule has 0 unspecified atom stereocenters. The summed E-state index contributed by atoms with van der Waals surface area (Å²) in [7, 11) is -3.13. The molecule has 0 aliphatic heterocycles. The minimum absolute atomic E-state index is 0.203. The van der Waals surface area contributed by atoms with Gasteiger partial charge in [-0.05, 0) is 50.0 Å². The Labute approximate surface area is 115 Å². The molecule has 1 aromatic rings. The highest BCUT2D eigenvalue weighted by molar-refractivity contribution is 7.89. The molecule has 0 aromatic carbocycles. The molecule has 0 saturated carbocycles. The van der Waals surface area contributed by atoms with Gasteiger partial charge < -0.3 is 5.32 Å². The fraction of sp³-hybridized carbons (Fsp3) is 0.615. The van der Waals surface area contributed by atoms with Gasteiger partial charge in [-0.1, -0.05) is 6.92 Å². The average Bonchev–Trinajstić information content (AvgIpc) is 2.39. The molecule has 0 spiro atoms. The Kier molecular flexibility index (Phi) is 7.62. The Bertz CT molecular complexity index is 434. The standard InChI is InChI=1S/C13H23N3O2S/c1-2-14-8-3-4-12-19(17,18)16-11-7-13-5-9-15-10-6-13/h5-6,9-10,14,16H,2-4,7-8,11-12H2,1H3. The van der Waals surface area contributed by atoms with Crippen LogP contribution in [0.3, 0.4) is 0 Å². The van der Waals surface area contributed by atoms with Crippen LogP contribution < -0.4 is 10.0 Å². The van der Waals surface area contributed by atoms with E-state index in [2.05, 4.69) is 15.0 Å². The van der Waals surface area contributed by atoms with E-state index in [0.29, 0.717) is 19.4 Å². The topological polar surface area (TPSA) is 71.1 Å². The number of hydrogen-bond donors (Lipinski definition) is 2.